The molecule has 4 heteroatoms. The van der Waals surface area contributed by atoms with E-state index in [1.54, 1.807) is 7.11 Å². The molecule has 0 amide bonds. The second-order valence-corrected chi connectivity index (χ2v) is 6.98. The first-order valence-electron chi connectivity index (χ1n) is 8.85. The van der Waals surface area contributed by atoms with Crippen molar-refractivity contribution >= 4 is 5.78 Å². The second kappa shape index (κ2) is 6.52. The standard InChI is InChI=1S/C21H23NO3/c1-24-19-9-5-8-17-18(23)14-21(25-20(17)19)10-12-22(13-11-21)15-16-6-3-2-4-7-16/h2-9H,10-15H2,1H3. The summed E-state index contributed by atoms with van der Waals surface area (Å²) in [7, 11) is 1.62. The fourth-order valence-electron chi connectivity index (χ4n) is 3.88. The Morgan fingerprint density at radius 2 is 1.84 bits per heavy atom. The van der Waals surface area contributed by atoms with Gasteiger partial charge in [-0.25, -0.2) is 0 Å². The summed E-state index contributed by atoms with van der Waals surface area (Å²) in [5, 5.41) is 0. The van der Waals surface area contributed by atoms with Gasteiger partial charge in [-0.1, -0.05) is 36.4 Å². The zero-order chi connectivity index (χ0) is 17.3. The Kier molecular flexibility index (Phi) is 4.22. The Morgan fingerprint density at radius 1 is 1.08 bits per heavy atom. The third-order valence-electron chi connectivity index (χ3n) is 5.32. The molecule has 130 valence electrons. The fourth-order valence-corrected chi connectivity index (χ4v) is 3.88. The first-order chi connectivity index (χ1) is 12.2. The SMILES string of the molecule is COc1cccc2c1OC1(CCN(Cc3ccccc3)CC1)CC2=O. The number of para-hydroxylation sites is 1. The molecular weight excluding hydrogens is 314 g/mol. The number of ether oxygens (including phenoxy) is 2. The molecule has 0 aliphatic carbocycles. The fraction of sp³-hybridized carbons (Fsp3) is 0.381. The van der Waals surface area contributed by atoms with Gasteiger partial charge in [0.2, 0.25) is 0 Å². The lowest BCUT2D eigenvalue weighted by Crippen LogP contribution is -2.50. The van der Waals surface area contributed by atoms with Crippen molar-refractivity contribution in [3.8, 4) is 11.5 Å². The molecule has 2 aromatic rings. The van der Waals surface area contributed by atoms with Crippen molar-refractivity contribution in [2.24, 2.45) is 0 Å². The molecule has 25 heavy (non-hydrogen) atoms. The molecule has 1 fully saturated rings. The maximum Gasteiger partial charge on any atom is 0.172 e. The van der Waals surface area contributed by atoms with Crippen molar-refractivity contribution in [3.63, 3.8) is 0 Å². The van der Waals surface area contributed by atoms with E-state index >= 15 is 0 Å². The molecule has 4 nitrogen and oxygen atoms in total. The summed E-state index contributed by atoms with van der Waals surface area (Å²) >= 11 is 0. The van der Waals surface area contributed by atoms with Crippen LogP contribution in [0.3, 0.4) is 0 Å². The number of hydrogen-bond acceptors (Lipinski definition) is 4. The van der Waals surface area contributed by atoms with Gasteiger partial charge < -0.3 is 9.47 Å². The van der Waals surface area contributed by atoms with Gasteiger partial charge in [0, 0.05) is 32.5 Å². The minimum Gasteiger partial charge on any atom is -0.493 e. The predicted molar refractivity (Wildman–Crippen MR) is 96.3 cm³/mol. The number of piperidine rings is 1. The van der Waals surface area contributed by atoms with E-state index in [0.717, 1.165) is 32.5 Å². The van der Waals surface area contributed by atoms with E-state index in [0.29, 0.717) is 23.5 Å². The van der Waals surface area contributed by atoms with Gasteiger partial charge in [-0.3, -0.25) is 9.69 Å². The highest BCUT2D eigenvalue weighted by atomic mass is 16.5. The van der Waals surface area contributed by atoms with Crippen molar-refractivity contribution in [2.45, 2.75) is 31.4 Å². The minimum atomic E-state index is -0.383. The number of methoxy groups -OCH3 is 1. The number of hydrogen-bond donors (Lipinski definition) is 0. The first kappa shape index (κ1) is 16.2. The minimum absolute atomic E-state index is 0.164. The van der Waals surface area contributed by atoms with Crippen LogP contribution in [0.1, 0.15) is 35.2 Å². The van der Waals surface area contributed by atoms with E-state index in [4.69, 9.17) is 9.47 Å². The molecule has 0 saturated carbocycles. The third-order valence-corrected chi connectivity index (χ3v) is 5.32. The van der Waals surface area contributed by atoms with Gasteiger partial charge in [0.05, 0.1) is 19.1 Å². The molecule has 4 rings (SSSR count). The number of likely N-dealkylation sites (tertiary alicyclic amines) is 1. The summed E-state index contributed by atoms with van der Waals surface area (Å²) in [6.07, 6.45) is 2.19. The summed E-state index contributed by atoms with van der Waals surface area (Å²) < 4.78 is 11.8. The van der Waals surface area contributed by atoms with E-state index in [1.807, 2.05) is 24.3 Å². The zero-order valence-electron chi connectivity index (χ0n) is 14.5. The van der Waals surface area contributed by atoms with Crippen LogP contribution >= 0.6 is 0 Å². The Hall–Kier alpha value is -2.33. The lowest BCUT2D eigenvalue weighted by atomic mass is 9.82. The second-order valence-electron chi connectivity index (χ2n) is 6.98. The number of carbonyl (C=O) groups is 1. The molecule has 2 aromatic carbocycles. The number of rotatable bonds is 3. The van der Waals surface area contributed by atoms with Crippen LogP contribution in [-0.4, -0.2) is 36.5 Å². The number of fused-ring (bicyclic) bond motifs is 1. The highest BCUT2D eigenvalue weighted by Crippen LogP contribution is 2.43. The molecule has 2 heterocycles. The number of ketones is 1. The molecule has 1 spiro atoms. The highest BCUT2D eigenvalue weighted by Gasteiger charge is 2.43. The van der Waals surface area contributed by atoms with E-state index in [-0.39, 0.29) is 11.4 Å². The van der Waals surface area contributed by atoms with Gasteiger partial charge >= 0.3 is 0 Å². The molecule has 2 aliphatic rings. The molecule has 0 atom stereocenters. The van der Waals surface area contributed by atoms with E-state index < -0.39 is 0 Å². The molecule has 2 aliphatic heterocycles. The topological polar surface area (TPSA) is 38.8 Å². The smallest absolute Gasteiger partial charge is 0.172 e. The molecular formula is C21H23NO3. The van der Waals surface area contributed by atoms with Gasteiger partial charge in [0.15, 0.2) is 17.3 Å². The van der Waals surface area contributed by atoms with Crippen LogP contribution in [0.5, 0.6) is 11.5 Å². The quantitative estimate of drug-likeness (QED) is 0.856. The normalized spacial score (nSPS) is 19.3. The van der Waals surface area contributed by atoms with Gasteiger partial charge in [-0.15, -0.1) is 0 Å². The summed E-state index contributed by atoms with van der Waals surface area (Å²) in [4.78, 5) is 15.1. The summed E-state index contributed by atoms with van der Waals surface area (Å²) in [5.41, 5.74) is 1.59. The lowest BCUT2D eigenvalue weighted by molar-refractivity contribution is -0.0123. The largest absolute Gasteiger partial charge is 0.493 e. The maximum atomic E-state index is 12.7. The number of carbonyl (C=O) groups excluding carboxylic acids is 1. The Bertz CT molecular complexity index is 764. The van der Waals surface area contributed by atoms with Crippen molar-refractivity contribution < 1.29 is 14.3 Å². The summed E-state index contributed by atoms with van der Waals surface area (Å²) in [6, 6.07) is 16.0. The monoisotopic (exact) mass is 337 g/mol. The molecule has 0 bridgehead atoms. The molecule has 0 unspecified atom stereocenters. The molecule has 0 radical (unpaired) electrons. The van der Waals surface area contributed by atoms with Crippen LogP contribution in [0.4, 0.5) is 0 Å². The first-order valence-corrected chi connectivity index (χ1v) is 8.85. The zero-order valence-corrected chi connectivity index (χ0v) is 14.5. The predicted octanol–water partition coefficient (Wildman–Crippen LogP) is 3.70. The molecule has 0 N–H and O–H groups in total. The lowest BCUT2D eigenvalue weighted by Gasteiger charge is -2.44. The summed E-state index contributed by atoms with van der Waals surface area (Å²) in [6.45, 7) is 2.82. The van der Waals surface area contributed by atoms with Crippen LogP contribution in [0.2, 0.25) is 0 Å². The van der Waals surface area contributed by atoms with Gasteiger partial charge in [0.1, 0.15) is 5.60 Å². The number of nitrogens with zero attached hydrogens (tertiary/aromatic N) is 1. The van der Waals surface area contributed by atoms with Crippen LogP contribution < -0.4 is 9.47 Å². The summed E-state index contributed by atoms with van der Waals surface area (Å²) in [5.74, 6) is 1.44. The van der Waals surface area contributed by atoms with Gasteiger partial charge in [0.25, 0.3) is 0 Å². The van der Waals surface area contributed by atoms with Crippen molar-refractivity contribution in [1.82, 2.24) is 4.90 Å². The van der Waals surface area contributed by atoms with Gasteiger partial charge in [-0.05, 0) is 17.7 Å². The van der Waals surface area contributed by atoms with Crippen LogP contribution in [0, 0.1) is 0 Å². The van der Waals surface area contributed by atoms with E-state index in [2.05, 4.69) is 29.2 Å². The van der Waals surface area contributed by atoms with Crippen molar-refractivity contribution in [3.05, 3.63) is 59.7 Å². The van der Waals surface area contributed by atoms with Crippen molar-refractivity contribution in [1.29, 1.82) is 0 Å². The van der Waals surface area contributed by atoms with Gasteiger partial charge in [-0.2, -0.15) is 0 Å². The maximum absolute atomic E-state index is 12.7. The Labute approximate surface area is 148 Å². The Balaban J connectivity index is 1.49. The number of benzene rings is 2. The van der Waals surface area contributed by atoms with E-state index in [9.17, 15) is 4.79 Å². The van der Waals surface area contributed by atoms with E-state index in [1.165, 1.54) is 5.56 Å². The molecule has 0 aromatic heterocycles. The third kappa shape index (κ3) is 3.14. The Morgan fingerprint density at radius 3 is 2.56 bits per heavy atom. The average Bonchev–Trinajstić information content (AvgIpc) is 2.64. The average molecular weight is 337 g/mol. The molecule has 1 saturated heterocycles. The number of Topliss-reactive ketones (excluding diaryl/α,β-unsaturated/α-hetero) is 1. The van der Waals surface area contributed by atoms with Crippen LogP contribution in [0.25, 0.3) is 0 Å². The van der Waals surface area contributed by atoms with Crippen LogP contribution in [-0.2, 0) is 6.54 Å². The van der Waals surface area contributed by atoms with Crippen LogP contribution in [0.15, 0.2) is 48.5 Å². The van der Waals surface area contributed by atoms with Crippen molar-refractivity contribution in [2.75, 3.05) is 20.2 Å². The highest BCUT2D eigenvalue weighted by molar-refractivity contribution is 6.01.